The minimum absolute atomic E-state index is 0.0766. The van der Waals surface area contributed by atoms with Gasteiger partial charge in [0.25, 0.3) is 4.39 Å². The molecular weight excluding hydrogens is 356 g/mol. The monoisotopic (exact) mass is 368 g/mol. The van der Waals surface area contributed by atoms with Crippen LogP contribution in [-0.2, 0) is 14.4 Å². The van der Waals surface area contributed by atoms with E-state index in [2.05, 4.69) is 28.1 Å². The summed E-state index contributed by atoms with van der Waals surface area (Å²) >= 11 is 6.88. The van der Waals surface area contributed by atoms with E-state index in [4.69, 9.17) is 15.3 Å². The molecule has 7 nitrogen and oxygen atoms in total. The van der Waals surface area contributed by atoms with Crippen LogP contribution in [0.1, 0.15) is 5.69 Å². The topological polar surface area (TPSA) is 98.8 Å². The van der Waals surface area contributed by atoms with E-state index < -0.39 is 10.4 Å². The molecule has 0 amide bonds. The predicted molar refractivity (Wildman–Crippen MR) is 93.8 cm³/mol. The molecule has 120 valence electrons. The summed E-state index contributed by atoms with van der Waals surface area (Å²) < 4.78 is 4.21. The van der Waals surface area contributed by atoms with Gasteiger partial charge in [0.1, 0.15) is 12.8 Å². The number of carbonyl (C=O) groups excluding carboxylic acids is 1. The molecule has 0 aliphatic carbocycles. The summed E-state index contributed by atoms with van der Waals surface area (Å²) in [7, 11) is 1.33. The van der Waals surface area contributed by atoms with Crippen LogP contribution < -0.4 is 11.1 Å². The Bertz CT molecular complexity index is 752. The minimum atomic E-state index is -1.24. The van der Waals surface area contributed by atoms with Gasteiger partial charge >= 0.3 is 5.97 Å². The third kappa shape index (κ3) is 3.38. The van der Waals surface area contributed by atoms with Gasteiger partial charge in [-0.3, -0.25) is 0 Å². The Morgan fingerprint density at radius 1 is 1.48 bits per heavy atom. The Morgan fingerprint density at radius 2 is 2.26 bits per heavy atom. The third-order valence-corrected chi connectivity index (χ3v) is 4.99. The quantitative estimate of drug-likeness (QED) is 0.250. The van der Waals surface area contributed by atoms with Crippen molar-refractivity contribution in [2.75, 3.05) is 18.2 Å². The third-order valence-electron chi connectivity index (χ3n) is 2.80. The zero-order valence-corrected chi connectivity index (χ0v) is 14.4. The summed E-state index contributed by atoms with van der Waals surface area (Å²) in [5.41, 5.74) is 6.64. The number of oxime groups is 1. The number of para-hydroxylation sites is 1. The first-order chi connectivity index (χ1) is 11.0. The number of hydrogen-bond donors (Lipinski definition) is 3. The van der Waals surface area contributed by atoms with E-state index in [1.807, 2.05) is 24.3 Å². The number of rotatable bonds is 4. The van der Waals surface area contributed by atoms with E-state index in [9.17, 15) is 4.79 Å². The maximum absolute atomic E-state index is 12.4. The number of fused-ring (bicyclic) bond motifs is 1. The lowest BCUT2D eigenvalue weighted by Gasteiger charge is -2.22. The fourth-order valence-electron chi connectivity index (χ4n) is 1.90. The van der Waals surface area contributed by atoms with Crippen LogP contribution >= 0.6 is 35.7 Å². The first-order valence-electron chi connectivity index (χ1n) is 6.35. The van der Waals surface area contributed by atoms with Crippen molar-refractivity contribution < 1.29 is 14.4 Å². The van der Waals surface area contributed by atoms with Crippen molar-refractivity contribution in [2.45, 2.75) is 9.28 Å². The van der Waals surface area contributed by atoms with Crippen LogP contribution in [0.2, 0.25) is 0 Å². The average molecular weight is 368 g/mol. The Hall–Kier alpha value is -1.91. The van der Waals surface area contributed by atoms with E-state index in [-0.39, 0.29) is 11.4 Å². The molecule has 1 atom stereocenters. The summed E-state index contributed by atoms with van der Waals surface area (Å²) in [6.45, 7) is 0. The van der Waals surface area contributed by atoms with E-state index >= 15 is 0 Å². The molecule has 3 N–H and O–H groups in total. The van der Waals surface area contributed by atoms with Gasteiger partial charge in [-0.25, -0.2) is 9.78 Å². The molecule has 2 aromatic rings. The highest BCUT2D eigenvalue weighted by Crippen LogP contribution is 2.48. The molecule has 2 heterocycles. The number of anilines is 2. The average Bonchev–Trinajstić information content (AvgIpc) is 3.06. The van der Waals surface area contributed by atoms with Crippen LogP contribution in [0, 0.1) is 0 Å². The van der Waals surface area contributed by atoms with Gasteiger partial charge in [-0.2, -0.15) is 0 Å². The van der Waals surface area contributed by atoms with Crippen LogP contribution in [-0.4, -0.2) is 28.2 Å². The van der Waals surface area contributed by atoms with Crippen molar-refractivity contribution in [1.29, 1.82) is 0 Å². The van der Waals surface area contributed by atoms with Gasteiger partial charge < -0.3 is 20.6 Å². The lowest BCUT2D eigenvalue weighted by Crippen LogP contribution is -2.34. The molecule has 0 saturated carbocycles. The molecule has 0 radical (unpaired) electrons. The van der Waals surface area contributed by atoms with Crippen molar-refractivity contribution in [3.05, 3.63) is 35.3 Å². The van der Waals surface area contributed by atoms with Crippen LogP contribution in [0.5, 0.6) is 0 Å². The van der Waals surface area contributed by atoms with Crippen molar-refractivity contribution in [2.24, 2.45) is 5.16 Å². The van der Waals surface area contributed by atoms with Gasteiger partial charge in [0.2, 0.25) is 5.71 Å². The highest BCUT2D eigenvalue weighted by Gasteiger charge is 2.40. The second kappa shape index (κ2) is 6.30. The highest BCUT2D eigenvalue weighted by molar-refractivity contribution is 8.12. The van der Waals surface area contributed by atoms with Gasteiger partial charge in [0, 0.05) is 10.3 Å². The summed E-state index contributed by atoms with van der Waals surface area (Å²) in [6.07, 6.45) is 0. The van der Waals surface area contributed by atoms with E-state index in [0.717, 1.165) is 10.6 Å². The van der Waals surface area contributed by atoms with Gasteiger partial charge in [0.05, 0.1) is 5.69 Å². The largest absolute Gasteiger partial charge is 0.414 e. The summed E-state index contributed by atoms with van der Waals surface area (Å²) in [5, 5.41) is 8.65. The van der Waals surface area contributed by atoms with Crippen LogP contribution in [0.3, 0.4) is 0 Å². The molecule has 1 aliphatic rings. The SMILES string of the molecule is CO/N=C(\C(=O)OC1(S)Nc2ccccc2S1)c1csc(N)n1. The molecule has 0 saturated heterocycles. The Morgan fingerprint density at radius 3 is 2.91 bits per heavy atom. The van der Waals surface area contributed by atoms with Crippen LogP contribution in [0.4, 0.5) is 10.8 Å². The van der Waals surface area contributed by atoms with Crippen molar-refractivity contribution in [3.63, 3.8) is 0 Å². The number of nitrogens with zero attached hydrogens (tertiary/aromatic N) is 2. The number of nitrogens with one attached hydrogen (secondary N) is 1. The zero-order valence-electron chi connectivity index (χ0n) is 11.8. The molecule has 23 heavy (non-hydrogen) atoms. The minimum Gasteiger partial charge on any atom is -0.414 e. The fraction of sp³-hybridized carbons (Fsp3) is 0.154. The molecule has 1 aromatic heterocycles. The smallest absolute Gasteiger partial charge is 0.366 e. The summed E-state index contributed by atoms with van der Waals surface area (Å²) in [6, 6.07) is 7.55. The number of nitrogen functional groups attached to an aromatic ring is 1. The Kier molecular flexibility index (Phi) is 4.37. The van der Waals surface area contributed by atoms with Crippen LogP contribution in [0.25, 0.3) is 0 Å². The van der Waals surface area contributed by atoms with Gasteiger partial charge in [-0.15, -0.1) is 11.3 Å². The summed E-state index contributed by atoms with van der Waals surface area (Å²) in [4.78, 5) is 22.1. The lowest BCUT2D eigenvalue weighted by molar-refractivity contribution is -0.137. The van der Waals surface area contributed by atoms with Gasteiger partial charge in [-0.05, 0) is 23.9 Å². The second-order valence-corrected chi connectivity index (χ2v) is 7.43. The first kappa shape index (κ1) is 16.0. The van der Waals surface area contributed by atoms with E-state index in [1.54, 1.807) is 5.38 Å². The Labute approximate surface area is 145 Å². The fourth-order valence-corrected chi connectivity index (χ4v) is 3.90. The molecule has 0 fully saturated rings. The number of hydrogen-bond acceptors (Lipinski definition) is 10. The highest BCUT2D eigenvalue weighted by atomic mass is 32.2. The number of nitrogens with two attached hydrogens (primary N) is 1. The van der Waals surface area contributed by atoms with E-state index in [0.29, 0.717) is 5.13 Å². The maximum atomic E-state index is 12.4. The predicted octanol–water partition coefficient (Wildman–Crippen LogP) is 2.38. The number of ether oxygens (including phenoxy) is 1. The molecule has 0 spiro atoms. The second-order valence-electron chi connectivity index (χ2n) is 4.39. The number of benzene rings is 1. The Balaban J connectivity index is 1.79. The number of esters is 1. The van der Waals surface area contributed by atoms with Crippen LogP contribution in [0.15, 0.2) is 39.7 Å². The number of thioether (sulfide) groups is 1. The molecule has 1 unspecified atom stereocenters. The number of thiol groups is 1. The first-order valence-corrected chi connectivity index (χ1v) is 8.49. The van der Waals surface area contributed by atoms with Gasteiger partial charge in [0.15, 0.2) is 5.13 Å². The zero-order chi connectivity index (χ0) is 16.4. The van der Waals surface area contributed by atoms with Gasteiger partial charge in [-0.1, -0.05) is 29.9 Å². The van der Waals surface area contributed by atoms with Crippen molar-refractivity contribution in [3.8, 4) is 0 Å². The van der Waals surface area contributed by atoms with E-state index in [1.165, 1.54) is 30.2 Å². The summed E-state index contributed by atoms with van der Waals surface area (Å²) in [5.74, 6) is -0.722. The van der Waals surface area contributed by atoms with Crippen molar-refractivity contribution in [1.82, 2.24) is 4.98 Å². The maximum Gasteiger partial charge on any atom is 0.366 e. The standard InChI is InChI=1S/C13H12N4O3S3/c1-19-17-10(8-6-22-12(14)15-8)11(18)20-13(21)16-7-4-2-3-5-9(7)23-13/h2-6,16,21H,1H3,(H2,14,15)/b17-10-. The molecule has 3 rings (SSSR count). The molecule has 0 bridgehead atoms. The number of thiazole rings is 1. The number of carbonyl (C=O) groups is 1. The molecule has 1 aromatic carbocycles. The molecular formula is C13H12N4O3S3. The lowest BCUT2D eigenvalue weighted by atomic mass is 10.3. The molecule has 1 aliphatic heterocycles. The normalized spacial score (nSPS) is 19.8. The van der Waals surface area contributed by atoms with Crippen molar-refractivity contribution >= 4 is 58.2 Å². The molecule has 10 heteroatoms. The number of aromatic nitrogens is 1.